The third-order valence-electron chi connectivity index (χ3n) is 3.34. The topological polar surface area (TPSA) is 69.6 Å². The molecule has 1 saturated carbocycles. The summed E-state index contributed by atoms with van der Waals surface area (Å²) < 4.78 is 0. The maximum Gasteiger partial charge on any atom is 0.317 e. The number of rotatable bonds is 2. The smallest absolute Gasteiger partial charge is 0.317 e. The molecule has 1 aliphatic carbocycles. The highest BCUT2D eigenvalue weighted by atomic mass is 16.4. The van der Waals surface area contributed by atoms with Crippen molar-refractivity contribution in [1.29, 1.82) is 0 Å². The second-order valence-electron chi connectivity index (χ2n) is 4.22. The number of urea groups is 1. The highest BCUT2D eigenvalue weighted by Gasteiger charge is 2.38. The van der Waals surface area contributed by atoms with E-state index < -0.39 is 5.97 Å². The first kappa shape index (κ1) is 10.3. The standard InChI is InChI=1S/C10H16N2O3/c13-9(14)7-3-1-2-4-8(7)12-6-5-11-10(12)15/h7-8H,1-6H2,(H,11,15)(H,13,14). The van der Waals surface area contributed by atoms with Crippen LogP contribution < -0.4 is 5.32 Å². The number of nitrogens with one attached hydrogen (secondary N) is 1. The van der Waals surface area contributed by atoms with Crippen LogP contribution in [-0.4, -0.2) is 41.1 Å². The van der Waals surface area contributed by atoms with E-state index in [0.717, 1.165) is 19.3 Å². The molecule has 5 heteroatoms. The maximum absolute atomic E-state index is 11.5. The Kier molecular flexibility index (Phi) is 2.79. The Morgan fingerprint density at radius 3 is 2.73 bits per heavy atom. The van der Waals surface area contributed by atoms with Crippen LogP contribution >= 0.6 is 0 Å². The van der Waals surface area contributed by atoms with Gasteiger partial charge in [0.05, 0.1) is 5.92 Å². The third-order valence-corrected chi connectivity index (χ3v) is 3.34. The van der Waals surface area contributed by atoms with Crippen LogP contribution in [0.5, 0.6) is 0 Å². The molecule has 0 aromatic rings. The van der Waals surface area contributed by atoms with E-state index in [9.17, 15) is 9.59 Å². The van der Waals surface area contributed by atoms with Crippen molar-refractivity contribution in [2.24, 2.45) is 5.92 Å². The molecule has 0 aromatic carbocycles. The number of hydrogen-bond donors (Lipinski definition) is 2. The predicted octanol–water partition coefficient (Wildman–Crippen LogP) is 0.655. The fourth-order valence-corrected chi connectivity index (χ4v) is 2.58. The minimum Gasteiger partial charge on any atom is -0.481 e. The number of amides is 2. The largest absolute Gasteiger partial charge is 0.481 e. The molecule has 2 amide bonds. The summed E-state index contributed by atoms with van der Waals surface area (Å²) in [4.78, 5) is 24.2. The summed E-state index contributed by atoms with van der Waals surface area (Å²) in [7, 11) is 0. The lowest BCUT2D eigenvalue weighted by Crippen LogP contribution is -2.46. The molecule has 0 radical (unpaired) electrons. The second-order valence-corrected chi connectivity index (χ2v) is 4.22. The molecule has 2 fully saturated rings. The third kappa shape index (κ3) is 1.91. The summed E-state index contributed by atoms with van der Waals surface area (Å²) in [6.07, 6.45) is 3.51. The number of carbonyl (C=O) groups excluding carboxylic acids is 1. The maximum atomic E-state index is 11.5. The molecule has 2 aliphatic rings. The quantitative estimate of drug-likeness (QED) is 0.706. The van der Waals surface area contributed by atoms with E-state index in [1.54, 1.807) is 4.90 Å². The van der Waals surface area contributed by atoms with Gasteiger partial charge in [-0.3, -0.25) is 4.79 Å². The zero-order valence-corrected chi connectivity index (χ0v) is 8.61. The molecule has 2 rings (SSSR count). The van der Waals surface area contributed by atoms with Crippen molar-refractivity contribution < 1.29 is 14.7 Å². The Balaban J connectivity index is 2.10. The lowest BCUT2D eigenvalue weighted by atomic mass is 9.84. The first-order chi connectivity index (χ1) is 7.20. The SMILES string of the molecule is O=C(O)C1CCCCC1N1CCNC1=O. The number of carboxylic acid groups (broad SMARTS) is 1. The number of carbonyl (C=O) groups is 2. The Morgan fingerprint density at radius 2 is 2.13 bits per heavy atom. The van der Waals surface area contributed by atoms with Crippen LogP contribution in [-0.2, 0) is 4.79 Å². The van der Waals surface area contributed by atoms with Crippen molar-refractivity contribution >= 4 is 12.0 Å². The average molecular weight is 212 g/mol. The van der Waals surface area contributed by atoms with Crippen LogP contribution in [0.1, 0.15) is 25.7 Å². The Labute approximate surface area is 88.4 Å². The zero-order valence-electron chi connectivity index (χ0n) is 8.61. The van der Waals surface area contributed by atoms with Crippen molar-refractivity contribution in [2.75, 3.05) is 13.1 Å². The van der Waals surface area contributed by atoms with Gasteiger partial charge in [-0.15, -0.1) is 0 Å². The van der Waals surface area contributed by atoms with E-state index in [0.29, 0.717) is 19.5 Å². The van der Waals surface area contributed by atoms with Crippen LogP contribution in [0.4, 0.5) is 4.79 Å². The van der Waals surface area contributed by atoms with E-state index in [2.05, 4.69) is 5.32 Å². The van der Waals surface area contributed by atoms with Crippen LogP contribution in [0.25, 0.3) is 0 Å². The monoisotopic (exact) mass is 212 g/mol. The molecular weight excluding hydrogens is 196 g/mol. The zero-order chi connectivity index (χ0) is 10.8. The Hall–Kier alpha value is -1.26. The van der Waals surface area contributed by atoms with Gasteiger partial charge in [-0.25, -0.2) is 4.79 Å². The van der Waals surface area contributed by atoms with E-state index in [1.807, 2.05) is 0 Å². The van der Waals surface area contributed by atoms with Gasteiger partial charge in [0.15, 0.2) is 0 Å². The molecule has 2 N–H and O–H groups in total. The molecule has 5 nitrogen and oxygen atoms in total. The van der Waals surface area contributed by atoms with Gasteiger partial charge in [0.1, 0.15) is 0 Å². The fraction of sp³-hybridized carbons (Fsp3) is 0.800. The van der Waals surface area contributed by atoms with Gasteiger partial charge in [-0.05, 0) is 12.8 Å². The van der Waals surface area contributed by atoms with E-state index in [-0.39, 0.29) is 18.0 Å². The molecule has 1 saturated heterocycles. The molecule has 2 unspecified atom stereocenters. The first-order valence-corrected chi connectivity index (χ1v) is 5.47. The van der Waals surface area contributed by atoms with Crippen molar-refractivity contribution in [3.05, 3.63) is 0 Å². The number of hydrogen-bond acceptors (Lipinski definition) is 2. The van der Waals surface area contributed by atoms with E-state index in [4.69, 9.17) is 5.11 Å². The number of aliphatic carboxylic acids is 1. The minimum absolute atomic E-state index is 0.0984. The minimum atomic E-state index is -0.764. The molecule has 0 aromatic heterocycles. The van der Waals surface area contributed by atoms with Crippen LogP contribution in [0.15, 0.2) is 0 Å². The summed E-state index contributed by atoms with van der Waals surface area (Å²) >= 11 is 0. The number of carboxylic acids is 1. The lowest BCUT2D eigenvalue weighted by Gasteiger charge is -2.34. The summed E-state index contributed by atoms with van der Waals surface area (Å²) in [5.74, 6) is -1.14. The lowest BCUT2D eigenvalue weighted by molar-refractivity contribution is -0.144. The highest BCUT2D eigenvalue weighted by Crippen LogP contribution is 2.29. The highest BCUT2D eigenvalue weighted by molar-refractivity contribution is 5.78. The summed E-state index contributed by atoms with van der Waals surface area (Å²) in [5, 5.41) is 11.8. The van der Waals surface area contributed by atoms with Crippen LogP contribution in [0.3, 0.4) is 0 Å². The predicted molar refractivity (Wildman–Crippen MR) is 53.5 cm³/mol. The molecule has 15 heavy (non-hydrogen) atoms. The first-order valence-electron chi connectivity index (χ1n) is 5.47. The van der Waals surface area contributed by atoms with Crippen molar-refractivity contribution in [3.63, 3.8) is 0 Å². The molecule has 84 valence electrons. The molecule has 1 heterocycles. The molecular formula is C10H16N2O3. The van der Waals surface area contributed by atoms with Crippen LogP contribution in [0, 0.1) is 5.92 Å². The van der Waals surface area contributed by atoms with E-state index >= 15 is 0 Å². The number of nitrogens with zero attached hydrogens (tertiary/aromatic N) is 1. The summed E-state index contributed by atoms with van der Waals surface area (Å²) in [6.45, 7) is 1.29. The van der Waals surface area contributed by atoms with E-state index in [1.165, 1.54) is 0 Å². The Morgan fingerprint density at radius 1 is 1.40 bits per heavy atom. The summed E-state index contributed by atoms with van der Waals surface area (Å²) in [5.41, 5.74) is 0. The molecule has 0 bridgehead atoms. The second kappa shape index (κ2) is 4.08. The van der Waals surface area contributed by atoms with Gasteiger partial charge in [0.25, 0.3) is 0 Å². The Bertz CT molecular complexity index is 278. The molecule has 0 spiro atoms. The van der Waals surface area contributed by atoms with Crippen molar-refractivity contribution in [2.45, 2.75) is 31.7 Å². The van der Waals surface area contributed by atoms with Gasteiger partial charge in [-0.2, -0.15) is 0 Å². The van der Waals surface area contributed by atoms with Crippen molar-refractivity contribution in [3.8, 4) is 0 Å². The van der Waals surface area contributed by atoms with Gasteiger partial charge >= 0.3 is 12.0 Å². The average Bonchev–Trinajstić information content (AvgIpc) is 2.64. The normalized spacial score (nSPS) is 31.5. The fourth-order valence-electron chi connectivity index (χ4n) is 2.58. The molecule has 1 aliphatic heterocycles. The van der Waals surface area contributed by atoms with Gasteiger partial charge in [-0.1, -0.05) is 12.8 Å². The molecule has 2 atom stereocenters. The van der Waals surface area contributed by atoms with Gasteiger partial charge < -0.3 is 15.3 Å². The summed E-state index contributed by atoms with van der Waals surface area (Å²) in [6, 6.07) is -0.202. The van der Waals surface area contributed by atoms with Gasteiger partial charge in [0.2, 0.25) is 0 Å². The van der Waals surface area contributed by atoms with Gasteiger partial charge in [0, 0.05) is 19.1 Å². The van der Waals surface area contributed by atoms with Crippen LogP contribution in [0.2, 0.25) is 0 Å². The van der Waals surface area contributed by atoms with Crippen molar-refractivity contribution in [1.82, 2.24) is 10.2 Å².